The molecule has 1 aliphatic rings. The number of likely N-dealkylation sites (tertiary alicyclic amines) is 1. The van der Waals surface area contributed by atoms with Crippen molar-refractivity contribution in [2.45, 2.75) is 39.2 Å². The second kappa shape index (κ2) is 8.93. The number of amides is 1. The van der Waals surface area contributed by atoms with Crippen LogP contribution >= 0.6 is 22.7 Å². The number of hydrogen-bond acceptors (Lipinski definition) is 8. The van der Waals surface area contributed by atoms with Gasteiger partial charge in [-0.05, 0) is 43.3 Å². The Labute approximate surface area is 171 Å². The van der Waals surface area contributed by atoms with E-state index < -0.39 is 0 Å². The van der Waals surface area contributed by atoms with Crippen molar-refractivity contribution < 1.29 is 9.32 Å². The Morgan fingerprint density at radius 3 is 2.96 bits per heavy atom. The summed E-state index contributed by atoms with van der Waals surface area (Å²) in [6.45, 7) is 5.41. The number of nitrogens with zero attached hydrogens (tertiary/aromatic N) is 4. The lowest BCUT2D eigenvalue weighted by Crippen LogP contribution is -2.32. The molecule has 0 bridgehead atoms. The van der Waals surface area contributed by atoms with Crippen LogP contribution in [0.15, 0.2) is 26.7 Å². The molecule has 3 aromatic heterocycles. The first-order valence-electron chi connectivity index (χ1n) is 9.47. The summed E-state index contributed by atoms with van der Waals surface area (Å²) < 4.78 is 5.23. The molecule has 4 heterocycles. The molecule has 1 N–H and O–H groups in total. The lowest BCUT2D eigenvalue weighted by molar-refractivity contribution is -0.116. The summed E-state index contributed by atoms with van der Waals surface area (Å²) in [6, 6.07) is 1.94. The van der Waals surface area contributed by atoms with E-state index >= 15 is 0 Å². The average Bonchev–Trinajstić information content (AvgIpc) is 3.44. The van der Waals surface area contributed by atoms with E-state index in [1.54, 1.807) is 11.3 Å². The maximum atomic E-state index is 12.2. The van der Waals surface area contributed by atoms with Gasteiger partial charge in [-0.25, -0.2) is 4.98 Å². The summed E-state index contributed by atoms with van der Waals surface area (Å²) in [7, 11) is 0. The standard InChI is InChI=1S/C19H23N5O2S2/c1-13-4-7-24(8-5-13)10-15-12-28-19(20-15)21-16(25)2-3-17-22-18(23-26-17)14-6-9-27-11-14/h6,9,11-13H,2-5,7-8,10H2,1H3,(H,20,21,25). The first-order chi connectivity index (χ1) is 13.7. The minimum atomic E-state index is -0.0945. The van der Waals surface area contributed by atoms with Crippen LogP contribution < -0.4 is 5.32 Å². The number of thiazole rings is 1. The Kier molecular flexibility index (Phi) is 6.13. The number of aromatic nitrogens is 3. The first-order valence-corrected chi connectivity index (χ1v) is 11.3. The van der Waals surface area contributed by atoms with Crippen LogP contribution in [0, 0.1) is 5.92 Å². The van der Waals surface area contributed by atoms with Crippen LogP contribution in [0.4, 0.5) is 5.13 Å². The molecule has 0 atom stereocenters. The molecule has 4 rings (SSSR count). The number of carbonyl (C=O) groups excluding carboxylic acids is 1. The van der Waals surface area contributed by atoms with Crippen molar-refractivity contribution in [3.8, 4) is 11.4 Å². The van der Waals surface area contributed by atoms with E-state index in [0.717, 1.165) is 36.8 Å². The van der Waals surface area contributed by atoms with Gasteiger partial charge < -0.3 is 9.84 Å². The van der Waals surface area contributed by atoms with Gasteiger partial charge >= 0.3 is 0 Å². The maximum absolute atomic E-state index is 12.2. The van der Waals surface area contributed by atoms with Gasteiger partial charge in [0.05, 0.1) is 5.69 Å². The predicted octanol–water partition coefficient (Wildman–Crippen LogP) is 4.06. The molecule has 0 spiro atoms. The van der Waals surface area contributed by atoms with E-state index in [-0.39, 0.29) is 12.3 Å². The highest BCUT2D eigenvalue weighted by atomic mass is 32.1. The van der Waals surface area contributed by atoms with Crippen LogP contribution in [0.1, 0.15) is 37.8 Å². The van der Waals surface area contributed by atoms with Crippen LogP contribution in [0.25, 0.3) is 11.4 Å². The van der Waals surface area contributed by atoms with Gasteiger partial charge in [0.1, 0.15) is 0 Å². The second-order valence-electron chi connectivity index (χ2n) is 7.17. The van der Waals surface area contributed by atoms with E-state index in [1.165, 1.54) is 24.2 Å². The molecule has 3 aromatic rings. The molecule has 0 unspecified atom stereocenters. The highest BCUT2D eigenvalue weighted by Gasteiger charge is 2.17. The fourth-order valence-corrected chi connectivity index (χ4v) is 4.51. The third kappa shape index (κ3) is 5.03. The third-order valence-corrected chi connectivity index (χ3v) is 6.36. The molecule has 148 valence electrons. The van der Waals surface area contributed by atoms with Gasteiger partial charge in [-0.15, -0.1) is 11.3 Å². The topological polar surface area (TPSA) is 84.2 Å². The first kappa shape index (κ1) is 19.2. The zero-order valence-corrected chi connectivity index (χ0v) is 17.4. The molecule has 9 heteroatoms. The Hall–Kier alpha value is -2.10. The average molecular weight is 418 g/mol. The van der Waals surface area contributed by atoms with E-state index in [4.69, 9.17) is 4.52 Å². The van der Waals surface area contributed by atoms with Gasteiger partial charge in [0.15, 0.2) is 5.13 Å². The second-order valence-corrected chi connectivity index (χ2v) is 8.81. The zero-order chi connectivity index (χ0) is 19.3. The number of rotatable bonds is 7. The molecular formula is C19H23N5O2S2. The Bertz CT molecular complexity index is 897. The molecule has 0 saturated carbocycles. The molecule has 1 amide bonds. The summed E-state index contributed by atoms with van der Waals surface area (Å²) in [4.78, 5) is 23.5. The highest BCUT2D eigenvalue weighted by molar-refractivity contribution is 7.13. The lowest BCUT2D eigenvalue weighted by Gasteiger charge is -2.29. The summed E-state index contributed by atoms with van der Waals surface area (Å²) in [5.74, 6) is 1.76. The maximum Gasteiger partial charge on any atom is 0.227 e. The molecular weight excluding hydrogens is 394 g/mol. The summed E-state index contributed by atoms with van der Waals surface area (Å²) >= 11 is 3.05. The highest BCUT2D eigenvalue weighted by Crippen LogP contribution is 2.22. The van der Waals surface area contributed by atoms with Gasteiger partial charge in [-0.1, -0.05) is 12.1 Å². The number of thiophene rings is 1. The minimum Gasteiger partial charge on any atom is -0.339 e. The largest absolute Gasteiger partial charge is 0.339 e. The molecule has 0 aromatic carbocycles. The van der Waals surface area contributed by atoms with Gasteiger partial charge in [-0.3, -0.25) is 9.69 Å². The summed E-state index contributed by atoms with van der Waals surface area (Å²) in [5, 5.41) is 13.4. The zero-order valence-electron chi connectivity index (χ0n) is 15.8. The van der Waals surface area contributed by atoms with Crippen LogP contribution in [-0.2, 0) is 17.8 Å². The van der Waals surface area contributed by atoms with Gasteiger partial charge in [0.2, 0.25) is 17.6 Å². The molecule has 7 nitrogen and oxygen atoms in total. The molecule has 28 heavy (non-hydrogen) atoms. The van der Waals surface area contributed by atoms with Crippen molar-refractivity contribution in [2.75, 3.05) is 18.4 Å². The number of piperidine rings is 1. The Morgan fingerprint density at radius 2 is 2.18 bits per heavy atom. The SMILES string of the molecule is CC1CCN(Cc2csc(NC(=O)CCc3nc(-c4ccsc4)no3)n2)CC1. The van der Waals surface area contributed by atoms with Crippen molar-refractivity contribution in [2.24, 2.45) is 5.92 Å². The Morgan fingerprint density at radius 1 is 1.32 bits per heavy atom. The smallest absolute Gasteiger partial charge is 0.227 e. The quantitative estimate of drug-likeness (QED) is 0.624. The summed E-state index contributed by atoms with van der Waals surface area (Å²) in [5.41, 5.74) is 1.95. The van der Waals surface area contributed by atoms with Crippen LogP contribution in [0.3, 0.4) is 0 Å². The normalized spacial score (nSPS) is 15.8. The molecule has 0 aliphatic carbocycles. The van der Waals surface area contributed by atoms with E-state index in [2.05, 4.69) is 32.3 Å². The van der Waals surface area contributed by atoms with Gasteiger partial charge in [-0.2, -0.15) is 16.3 Å². The van der Waals surface area contributed by atoms with Crippen molar-refractivity contribution in [3.63, 3.8) is 0 Å². The monoisotopic (exact) mass is 417 g/mol. The van der Waals surface area contributed by atoms with Gasteiger partial charge in [0.25, 0.3) is 0 Å². The number of anilines is 1. The number of aryl methyl sites for hydroxylation is 1. The Balaban J connectivity index is 1.23. The number of hydrogen-bond donors (Lipinski definition) is 1. The molecule has 1 aliphatic heterocycles. The van der Waals surface area contributed by atoms with Crippen LogP contribution in [0.5, 0.6) is 0 Å². The van der Waals surface area contributed by atoms with Crippen LogP contribution in [0.2, 0.25) is 0 Å². The van der Waals surface area contributed by atoms with E-state index in [0.29, 0.717) is 23.3 Å². The fourth-order valence-electron chi connectivity index (χ4n) is 3.15. The molecule has 1 fully saturated rings. The van der Waals surface area contributed by atoms with Crippen LogP contribution in [-0.4, -0.2) is 39.0 Å². The van der Waals surface area contributed by atoms with E-state index in [1.807, 2.05) is 22.2 Å². The minimum absolute atomic E-state index is 0.0945. The molecule has 1 saturated heterocycles. The van der Waals surface area contributed by atoms with Crippen molar-refractivity contribution in [3.05, 3.63) is 33.8 Å². The van der Waals surface area contributed by atoms with Crippen molar-refractivity contribution >= 4 is 33.7 Å². The van der Waals surface area contributed by atoms with Crippen molar-refractivity contribution in [1.82, 2.24) is 20.0 Å². The summed E-state index contributed by atoms with van der Waals surface area (Å²) in [6.07, 6.45) is 3.19. The molecule has 0 radical (unpaired) electrons. The lowest BCUT2D eigenvalue weighted by atomic mass is 9.99. The van der Waals surface area contributed by atoms with Crippen molar-refractivity contribution in [1.29, 1.82) is 0 Å². The number of nitrogens with one attached hydrogen (secondary N) is 1. The fraction of sp³-hybridized carbons (Fsp3) is 0.474. The number of carbonyl (C=O) groups is 1. The van der Waals surface area contributed by atoms with E-state index in [9.17, 15) is 4.79 Å². The third-order valence-electron chi connectivity index (χ3n) is 4.87. The van der Waals surface area contributed by atoms with Gasteiger partial charge in [0, 0.05) is 35.7 Å². The predicted molar refractivity (Wildman–Crippen MR) is 110 cm³/mol.